The highest BCUT2D eigenvalue weighted by atomic mass is 35.5. The van der Waals surface area contributed by atoms with E-state index in [4.69, 9.17) is 11.6 Å². The number of hydrogen-bond donors (Lipinski definition) is 2. The third-order valence-corrected chi connectivity index (χ3v) is 4.34. The van der Waals surface area contributed by atoms with E-state index in [9.17, 15) is 9.18 Å². The number of benzene rings is 1. The molecule has 0 bridgehead atoms. The molecular weight excluding hydrogens is 369 g/mol. The van der Waals surface area contributed by atoms with Crippen molar-refractivity contribution in [3.05, 3.63) is 77.1 Å². The fraction of sp³-hybridized carbons (Fsp3) is 0.0526. The topological polar surface area (TPSA) is 83.6 Å². The molecule has 0 saturated carbocycles. The predicted octanol–water partition coefficient (Wildman–Crippen LogP) is 3.74. The van der Waals surface area contributed by atoms with Gasteiger partial charge in [0.25, 0.3) is 5.91 Å². The number of H-pyrrole nitrogens is 1. The van der Waals surface area contributed by atoms with Gasteiger partial charge in [-0.15, -0.1) is 0 Å². The van der Waals surface area contributed by atoms with Gasteiger partial charge in [0, 0.05) is 29.9 Å². The molecule has 1 amide bonds. The highest BCUT2D eigenvalue weighted by molar-refractivity contribution is 6.29. The molecule has 0 aliphatic rings. The van der Waals surface area contributed by atoms with E-state index in [2.05, 4.69) is 25.5 Å². The largest absolute Gasteiger partial charge is 0.348 e. The predicted molar refractivity (Wildman–Crippen MR) is 99.7 cm³/mol. The van der Waals surface area contributed by atoms with Crippen LogP contribution in [0.3, 0.4) is 0 Å². The average molecular weight is 382 g/mol. The molecule has 2 N–H and O–H groups in total. The van der Waals surface area contributed by atoms with Crippen molar-refractivity contribution in [2.75, 3.05) is 0 Å². The normalized spacial score (nSPS) is 10.9. The first-order valence-corrected chi connectivity index (χ1v) is 8.47. The Morgan fingerprint density at radius 1 is 1.19 bits per heavy atom. The van der Waals surface area contributed by atoms with E-state index in [1.54, 1.807) is 42.6 Å². The monoisotopic (exact) mass is 381 g/mol. The zero-order chi connectivity index (χ0) is 18.8. The van der Waals surface area contributed by atoms with Crippen LogP contribution in [0.25, 0.3) is 22.2 Å². The number of pyridine rings is 2. The van der Waals surface area contributed by atoms with E-state index in [-0.39, 0.29) is 5.91 Å². The number of para-hydroxylation sites is 1. The molecule has 0 aliphatic carbocycles. The second-order valence-corrected chi connectivity index (χ2v) is 6.21. The molecule has 8 heteroatoms. The summed E-state index contributed by atoms with van der Waals surface area (Å²) in [4.78, 5) is 20.3. The zero-order valence-electron chi connectivity index (χ0n) is 13.9. The summed E-state index contributed by atoms with van der Waals surface area (Å²) in [5.41, 5.74) is 2.53. The van der Waals surface area contributed by atoms with Crippen LogP contribution < -0.4 is 5.32 Å². The summed E-state index contributed by atoms with van der Waals surface area (Å²) in [6.07, 6.45) is 4.24. The fourth-order valence-electron chi connectivity index (χ4n) is 2.79. The lowest BCUT2D eigenvalue weighted by atomic mass is 10.1. The number of halogens is 2. The number of hydrogen-bond acceptors (Lipinski definition) is 4. The Kier molecular flexibility index (Phi) is 4.52. The number of aromatic amines is 1. The number of carbonyl (C=O) groups excluding carboxylic acids is 1. The van der Waals surface area contributed by atoms with E-state index in [0.29, 0.717) is 39.4 Å². The van der Waals surface area contributed by atoms with E-state index >= 15 is 0 Å². The molecule has 6 nitrogen and oxygen atoms in total. The van der Waals surface area contributed by atoms with Crippen molar-refractivity contribution >= 4 is 28.4 Å². The maximum absolute atomic E-state index is 14.1. The number of carbonyl (C=O) groups is 1. The summed E-state index contributed by atoms with van der Waals surface area (Å²) >= 11 is 5.76. The van der Waals surface area contributed by atoms with Gasteiger partial charge in [-0.25, -0.2) is 9.37 Å². The lowest BCUT2D eigenvalue weighted by Crippen LogP contribution is -2.23. The molecule has 0 radical (unpaired) electrons. The minimum atomic E-state index is -0.465. The van der Waals surface area contributed by atoms with E-state index in [0.717, 1.165) is 11.8 Å². The summed E-state index contributed by atoms with van der Waals surface area (Å²) in [6, 6.07) is 10.2. The number of nitrogens with zero attached hydrogens (tertiary/aromatic N) is 3. The molecule has 4 rings (SSSR count). The van der Waals surface area contributed by atoms with Crippen LogP contribution in [0, 0.1) is 5.82 Å². The number of rotatable bonds is 4. The quantitative estimate of drug-likeness (QED) is 0.527. The Balaban J connectivity index is 1.64. The number of amides is 1. The fourth-order valence-corrected chi connectivity index (χ4v) is 2.90. The van der Waals surface area contributed by atoms with Crippen molar-refractivity contribution in [2.45, 2.75) is 6.54 Å². The minimum Gasteiger partial charge on any atom is -0.348 e. The summed E-state index contributed by atoms with van der Waals surface area (Å²) in [6.45, 7) is 0.301. The van der Waals surface area contributed by atoms with Crippen molar-refractivity contribution in [2.24, 2.45) is 0 Å². The van der Waals surface area contributed by atoms with E-state index in [1.807, 2.05) is 0 Å². The molecule has 0 spiro atoms. The van der Waals surface area contributed by atoms with Gasteiger partial charge in [-0.3, -0.25) is 14.9 Å². The van der Waals surface area contributed by atoms with Crippen molar-refractivity contribution in [1.29, 1.82) is 0 Å². The van der Waals surface area contributed by atoms with Gasteiger partial charge in [-0.2, -0.15) is 5.10 Å². The molecular formula is C19H13ClFN5O. The Morgan fingerprint density at radius 2 is 2.07 bits per heavy atom. The van der Waals surface area contributed by atoms with Gasteiger partial charge in [-0.05, 0) is 23.8 Å². The SMILES string of the molecule is O=C(NCc1ccc(Cl)nc1)c1cccc2c(-c3ccncc3F)[nH]nc12. The summed E-state index contributed by atoms with van der Waals surface area (Å²) < 4.78 is 14.1. The van der Waals surface area contributed by atoms with Gasteiger partial charge in [0.1, 0.15) is 10.7 Å². The molecule has 0 saturated heterocycles. The highest BCUT2D eigenvalue weighted by Gasteiger charge is 2.17. The van der Waals surface area contributed by atoms with Gasteiger partial charge < -0.3 is 5.32 Å². The Labute approximate surface area is 158 Å². The van der Waals surface area contributed by atoms with Gasteiger partial charge in [0.2, 0.25) is 0 Å². The summed E-state index contributed by atoms with van der Waals surface area (Å²) in [7, 11) is 0. The van der Waals surface area contributed by atoms with E-state index in [1.165, 1.54) is 6.20 Å². The Morgan fingerprint density at radius 3 is 2.85 bits per heavy atom. The number of aromatic nitrogens is 4. The van der Waals surface area contributed by atoms with Crippen molar-refractivity contribution < 1.29 is 9.18 Å². The second kappa shape index (κ2) is 7.13. The summed E-state index contributed by atoms with van der Waals surface area (Å²) in [5.74, 6) is -0.753. The third kappa shape index (κ3) is 3.37. The molecule has 134 valence electrons. The first-order valence-electron chi connectivity index (χ1n) is 8.09. The van der Waals surface area contributed by atoms with Crippen LogP contribution in [-0.2, 0) is 6.54 Å². The Bertz CT molecular complexity index is 1130. The zero-order valence-corrected chi connectivity index (χ0v) is 14.7. The van der Waals surface area contributed by atoms with Crippen molar-refractivity contribution in [1.82, 2.24) is 25.5 Å². The maximum atomic E-state index is 14.1. The molecule has 0 fully saturated rings. The molecule has 27 heavy (non-hydrogen) atoms. The minimum absolute atomic E-state index is 0.288. The lowest BCUT2D eigenvalue weighted by Gasteiger charge is -2.06. The van der Waals surface area contributed by atoms with Crippen LogP contribution in [0.2, 0.25) is 5.15 Å². The number of fused-ring (bicyclic) bond motifs is 1. The highest BCUT2D eigenvalue weighted by Crippen LogP contribution is 2.29. The average Bonchev–Trinajstić information content (AvgIpc) is 3.11. The third-order valence-electron chi connectivity index (χ3n) is 4.11. The van der Waals surface area contributed by atoms with Crippen molar-refractivity contribution in [3.63, 3.8) is 0 Å². The molecule has 0 aliphatic heterocycles. The maximum Gasteiger partial charge on any atom is 0.253 e. The van der Waals surface area contributed by atoms with Crippen molar-refractivity contribution in [3.8, 4) is 11.3 Å². The summed E-state index contributed by atoms with van der Waals surface area (Å²) in [5, 5.41) is 10.9. The standard InChI is InChI=1S/C19H13ClFN5O/c20-16-5-4-11(8-23-16)9-24-19(27)14-3-1-2-13-17(25-26-18(13)14)12-6-7-22-10-15(12)21/h1-8,10H,9H2,(H,24,27)(H,25,26). The van der Waals surface area contributed by atoms with Crippen LogP contribution in [0.5, 0.6) is 0 Å². The smallest absolute Gasteiger partial charge is 0.253 e. The first kappa shape index (κ1) is 17.1. The van der Waals surface area contributed by atoms with Crippen LogP contribution in [0.1, 0.15) is 15.9 Å². The first-order chi connectivity index (χ1) is 13.1. The molecule has 0 unspecified atom stereocenters. The molecule has 4 aromatic rings. The van der Waals surface area contributed by atoms with Gasteiger partial charge in [0.05, 0.1) is 17.5 Å². The van der Waals surface area contributed by atoms with Crippen LogP contribution in [0.15, 0.2) is 55.0 Å². The van der Waals surface area contributed by atoms with Gasteiger partial charge in [-0.1, -0.05) is 29.8 Å². The molecule has 0 atom stereocenters. The number of nitrogens with one attached hydrogen (secondary N) is 2. The van der Waals surface area contributed by atoms with Crippen LogP contribution in [0.4, 0.5) is 4.39 Å². The van der Waals surface area contributed by atoms with E-state index < -0.39 is 5.82 Å². The van der Waals surface area contributed by atoms with Gasteiger partial charge in [0.15, 0.2) is 5.82 Å². The molecule has 3 heterocycles. The second-order valence-electron chi connectivity index (χ2n) is 5.83. The molecule has 3 aromatic heterocycles. The van der Waals surface area contributed by atoms with Crippen LogP contribution >= 0.6 is 11.6 Å². The molecule has 1 aromatic carbocycles. The van der Waals surface area contributed by atoms with Crippen LogP contribution in [-0.4, -0.2) is 26.1 Å². The Hall–Kier alpha value is -3.32. The lowest BCUT2D eigenvalue weighted by molar-refractivity contribution is 0.0952. The van der Waals surface area contributed by atoms with Gasteiger partial charge >= 0.3 is 0 Å².